The zero-order valence-electron chi connectivity index (χ0n) is 5.86. The highest BCUT2D eigenvalue weighted by molar-refractivity contribution is 5.44. The summed E-state index contributed by atoms with van der Waals surface area (Å²) in [5.74, 6) is 0. The monoisotopic (exact) mass is 135 g/mol. The van der Waals surface area contributed by atoms with Gasteiger partial charge in [-0.3, -0.25) is 0 Å². The molecule has 0 aliphatic carbocycles. The van der Waals surface area contributed by atoms with Crippen molar-refractivity contribution in [3.8, 4) is 0 Å². The van der Waals surface area contributed by atoms with Crippen LogP contribution in [0, 0.1) is 0 Å². The van der Waals surface area contributed by atoms with Crippen molar-refractivity contribution in [3.05, 3.63) is 24.0 Å². The van der Waals surface area contributed by atoms with Crippen LogP contribution in [0.5, 0.6) is 0 Å². The van der Waals surface area contributed by atoms with E-state index in [2.05, 4.69) is 16.9 Å². The van der Waals surface area contributed by atoms with Crippen LogP contribution in [0.1, 0.15) is 12.6 Å². The molecule has 0 N–H and O–H groups in total. The maximum atomic E-state index is 3.89. The predicted molar refractivity (Wildman–Crippen MR) is 41.9 cm³/mol. The van der Waals surface area contributed by atoms with Crippen molar-refractivity contribution in [2.75, 3.05) is 0 Å². The van der Waals surface area contributed by atoms with E-state index in [-0.39, 0.29) is 0 Å². The first-order valence-electron chi connectivity index (χ1n) is 3.02. The van der Waals surface area contributed by atoms with Gasteiger partial charge in [-0.25, -0.2) is 0 Å². The summed E-state index contributed by atoms with van der Waals surface area (Å²) < 4.78 is 0. The lowest BCUT2D eigenvalue weighted by atomic mass is 10.4. The fourth-order valence-electron chi connectivity index (χ4n) is 0.717. The summed E-state index contributed by atoms with van der Waals surface area (Å²) in [6.07, 6.45) is 5.53. The van der Waals surface area contributed by atoms with E-state index in [4.69, 9.17) is 0 Å². The largest absolute Gasteiger partial charge is 0.167 e. The smallest absolute Gasteiger partial charge is 0.0869 e. The van der Waals surface area contributed by atoms with Crippen molar-refractivity contribution in [3.63, 3.8) is 0 Å². The second kappa shape index (κ2) is 2.96. The van der Waals surface area contributed by atoms with Crippen LogP contribution in [0.4, 0.5) is 0 Å². The summed E-state index contributed by atoms with van der Waals surface area (Å²) in [7, 11) is 0. The topological polar surface area (TPSA) is 30.2 Å². The normalized spacial score (nSPS) is 10.5. The third kappa shape index (κ3) is 1.13. The van der Waals surface area contributed by atoms with Crippen molar-refractivity contribution in [1.29, 1.82) is 0 Å². The van der Waals surface area contributed by atoms with E-state index in [1.165, 1.54) is 4.79 Å². The molecule has 3 heteroatoms. The summed E-state index contributed by atoms with van der Waals surface area (Å²) in [6.45, 7) is 5.31. The van der Waals surface area contributed by atoms with Gasteiger partial charge in [0, 0.05) is 6.72 Å². The van der Waals surface area contributed by atoms with E-state index < -0.39 is 0 Å². The number of hydrogen-bond acceptors (Lipinski definition) is 2. The molecule has 1 aromatic heterocycles. The molecular formula is C7H9N3. The minimum atomic E-state index is 0.942. The van der Waals surface area contributed by atoms with Gasteiger partial charge in [-0.2, -0.15) is 15.0 Å². The maximum absolute atomic E-state index is 3.89. The van der Waals surface area contributed by atoms with Gasteiger partial charge >= 0.3 is 0 Å². The Balaban J connectivity index is 3.00. The molecular weight excluding hydrogens is 126 g/mol. The highest BCUT2D eigenvalue weighted by Gasteiger charge is 1.91. The first-order valence-corrected chi connectivity index (χ1v) is 3.02. The molecule has 1 rings (SSSR count). The van der Waals surface area contributed by atoms with Gasteiger partial charge in [0.05, 0.1) is 11.9 Å². The van der Waals surface area contributed by atoms with E-state index >= 15 is 0 Å². The van der Waals surface area contributed by atoms with Crippen LogP contribution < -0.4 is 0 Å². The molecule has 0 saturated carbocycles. The summed E-state index contributed by atoms with van der Waals surface area (Å²) in [5.41, 5.74) is 0.942. The van der Waals surface area contributed by atoms with Crippen LogP contribution in [0.3, 0.4) is 0 Å². The van der Waals surface area contributed by atoms with Gasteiger partial charge in [0.25, 0.3) is 0 Å². The number of nitrogens with zero attached hydrogens (tertiary/aromatic N) is 3. The minimum Gasteiger partial charge on any atom is -0.167 e. The van der Waals surface area contributed by atoms with Gasteiger partial charge in [-0.15, -0.1) is 0 Å². The van der Waals surface area contributed by atoms with Gasteiger partial charge < -0.3 is 0 Å². The molecule has 1 heterocycles. The first kappa shape index (κ1) is 6.74. The summed E-state index contributed by atoms with van der Waals surface area (Å²) in [5, 5.41) is 7.54. The lowest BCUT2D eigenvalue weighted by Gasteiger charge is -1.91. The molecule has 0 aromatic carbocycles. The molecule has 1 aromatic rings. The average Bonchev–Trinajstić information content (AvgIpc) is 2.36. The van der Waals surface area contributed by atoms with E-state index in [1.54, 1.807) is 6.20 Å². The number of aromatic nitrogens is 2. The third-order valence-corrected chi connectivity index (χ3v) is 1.12. The molecule has 0 amide bonds. The van der Waals surface area contributed by atoms with Crippen molar-refractivity contribution in [1.82, 2.24) is 9.89 Å². The maximum Gasteiger partial charge on any atom is 0.0869 e. The lowest BCUT2D eigenvalue weighted by Crippen LogP contribution is -1.90. The van der Waals surface area contributed by atoms with Crippen molar-refractivity contribution in [2.45, 2.75) is 6.92 Å². The molecule has 0 saturated heterocycles. The van der Waals surface area contributed by atoms with Crippen LogP contribution in [0.15, 0.2) is 23.4 Å². The first-order chi connectivity index (χ1) is 4.88. The zero-order chi connectivity index (χ0) is 7.40. The molecule has 0 radical (unpaired) electrons. The Hall–Kier alpha value is -1.38. The van der Waals surface area contributed by atoms with Gasteiger partial charge in [-0.1, -0.05) is 6.08 Å². The Morgan fingerprint density at radius 1 is 1.80 bits per heavy atom. The van der Waals surface area contributed by atoms with Gasteiger partial charge in [0.2, 0.25) is 0 Å². The van der Waals surface area contributed by atoms with Crippen LogP contribution in [-0.2, 0) is 0 Å². The quantitative estimate of drug-likeness (QED) is 0.563. The van der Waals surface area contributed by atoms with E-state index in [0.29, 0.717) is 0 Å². The zero-order valence-corrected chi connectivity index (χ0v) is 5.86. The van der Waals surface area contributed by atoms with E-state index in [9.17, 15) is 0 Å². The summed E-state index contributed by atoms with van der Waals surface area (Å²) in [6, 6.07) is 1.87. The molecule has 10 heavy (non-hydrogen) atoms. The SMILES string of the molecule is C=Nn1nccc1/C=C\C. The fourth-order valence-corrected chi connectivity index (χ4v) is 0.717. The van der Waals surface area contributed by atoms with Crippen LogP contribution in [0.2, 0.25) is 0 Å². The van der Waals surface area contributed by atoms with E-state index in [1.807, 2.05) is 25.1 Å². The Morgan fingerprint density at radius 2 is 2.60 bits per heavy atom. The van der Waals surface area contributed by atoms with Gasteiger partial charge in [0.1, 0.15) is 0 Å². The summed E-state index contributed by atoms with van der Waals surface area (Å²) >= 11 is 0. The van der Waals surface area contributed by atoms with Gasteiger partial charge in [0.15, 0.2) is 0 Å². The molecule has 0 unspecified atom stereocenters. The van der Waals surface area contributed by atoms with Crippen LogP contribution in [0.25, 0.3) is 6.08 Å². The molecule has 0 spiro atoms. The second-order valence-electron chi connectivity index (χ2n) is 1.79. The molecule has 52 valence electrons. The Labute approximate surface area is 59.7 Å². The highest BCUT2D eigenvalue weighted by Crippen LogP contribution is 1.99. The molecule has 3 nitrogen and oxygen atoms in total. The number of hydrogen-bond donors (Lipinski definition) is 0. The van der Waals surface area contributed by atoms with Crippen molar-refractivity contribution in [2.24, 2.45) is 5.10 Å². The number of allylic oxidation sites excluding steroid dienone is 1. The van der Waals surface area contributed by atoms with Crippen molar-refractivity contribution >= 4 is 12.8 Å². The Kier molecular flexibility index (Phi) is 1.99. The van der Waals surface area contributed by atoms with Crippen LogP contribution >= 0.6 is 0 Å². The Morgan fingerprint density at radius 3 is 3.20 bits per heavy atom. The van der Waals surface area contributed by atoms with E-state index in [0.717, 1.165) is 5.69 Å². The fraction of sp³-hybridized carbons (Fsp3) is 0.143. The molecule has 0 aliphatic rings. The summed E-state index contributed by atoms with van der Waals surface area (Å²) in [4.78, 5) is 1.47. The molecule has 0 bridgehead atoms. The molecule has 0 aliphatic heterocycles. The predicted octanol–water partition coefficient (Wildman–Crippen LogP) is 1.38. The average molecular weight is 135 g/mol. The standard InChI is InChI=1S/C7H9N3/c1-3-4-7-5-6-9-10(7)8-2/h3-6H,2H2,1H3/b4-3-. The Bertz CT molecular complexity index is 247. The second-order valence-corrected chi connectivity index (χ2v) is 1.79. The van der Waals surface area contributed by atoms with Crippen molar-refractivity contribution < 1.29 is 0 Å². The number of rotatable bonds is 2. The molecule has 0 atom stereocenters. The van der Waals surface area contributed by atoms with Gasteiger partial charge in [-0.05, 0) is 19.1 Å². The third-order valence-electron chi connectivity index (χ3n) is 1.12. The van der Waals surface area contributed by atoms with Crippen LogP contribution in [-0.4, -0.2) is 16.6 Å². The highest BCUT2D eigenvalue weighted by atomic mass is 15.5. The lowest BCUT2D eigenvalue weighted by molar-refractivity contribution is 0.740. The minimum absolute atomic E-state index is 0.942. The molecule has 0 fully saturated rings.